The predicted octanol–water partition coefficient (Wildman–Crippen LogP) is 5.53. The number of alkyl halides is 1. The van der Waals surface area contributed by atoms with Gasteiger partial charge in [0, 0.05) is 23.4 Å². The van der Waals surface area contributed by atoms with Gasteiger partial charge in [0.05, 0.1) is 6.04 Å². The lowest BCUT2D eigenvalue weighted by Gasteiger charge is -2.40. The number of para-hydroxylation sites is 1. The number of nitrogens with zero attached hydrogens (tertiary/aromatic N) is 3. The van der Waals surface area contributed by atoms with Crippen molar-refractivity contribution in [3.8, 4) is 0 Å². The maximum Gasteiger partial charge on any atom is 0.229 e. The number of hydrogen-bond acceptors (Lipinski definition) is 4. The van der Waals surface area contributed by atoms with Gasteiger partial charge in [0.1, 0.15) is 11.3 Å². The lowest BCUT2D eigenvalue weighted by atomic mass is 9.93. The molecule has 0 bridgehead atoms. The zero-order valence-electron chi connectivity index (χ0n) is 15.8. The van der Waals surface area contributed by atoms with Crippen molar-refractivity contribution >= 4 is 29.1 Å². The molecule has 4 nitrogen and oxygen atoms in total. The van der Waals surface area contributed by atoms with Crippen molar-refractivity contribution in [1.82, 2.24) is 9.97 Å². The molecule has 1 N–H and O–H groups in total. The number of benzene rings is 2. The topological polar surface area (TPSA) is 41.1 Å². The molecule has 0 aliphatic carbocycles. The number of aryl methyl sites for hydroxylation is 1. The van der Waals surface area contributed by atoms with Crippen LogP contribution in [0.3, 0.4) is 0 Å². The first-order valence-corrected chi connectivity index (χ1v) is 9.65. The van der Waals surface area contributed by atoms with Crippen LogP contribution in [0.5, 0.6) is 0 Å². The average Bonchev–Trinajstić information content (AvgIpc) is 2.66. The molecule has 27 heavy (non-hydrogen) atoms. The third kappa shape index (κ3) is 3.37. The third-order valence-corrected chi connectivity index (χ3v) is 5.62. The summed E-state index contributed by atoms with van der Waals surface area (Å²) < 4.78 is 0. The van der Waals surface area contributed by atoms with Crippen molar-refractivity contribution < 1.29 is 0 Å². The van der Waals surface area contributed by atoms with Crippen LogP contribution in [-0.4, -0.2) is 15.5 Å². The van der Waals surface area contributed by atoms with E-state index in [2.05, 4.69) is 53.3 Å². The first kappa shape index (κ1) is 17.8. The molecule has 4 rings (SSSR count). The van der Waals surface area contributed by atoms with Gasteiger partial charge in [-0.3, -0.25) is 0 Å². The van der Waals surface area contributed by atoms with Gasteiger partial charge in [0.15, 0.2) is 0 Å². The van der Waals surface area contributed by atoms with E-state index >= 15 is 0 Å². The van der Waals surface area contributed by atoms with E-state index in [9.17, 15) is 0 Å². The summed E-state index contributed by atoms with van der Waals surface area (Å²) in [4.78, 5) is 11.7. The summed E-state index contributed by atoms with van der Waals surface area (Å²) in [6, 6.07) is 18.6. The third-order valence-electron chi connectivity index (χ3n) is 5.25. The molecule has 0 radical (unpaired) electrons. The van der Waals surface area contributed by atoms with Crippen molar-refractivity contribution in [3.05, 3.63) is 77.0 Å². The van der Waals surface area contributed by atoms with Gasteiger partial charge in [-0.05, 0) is 44.0 Å². The molecule has 5 heteroatoms. The van der Waals surface area contributed by atoms with Crippen molar-refractivity contribution in [2.24, 2.45) is 0 Å². The Bertz CT molecular complexity index is 958. The Morgan fingerprint density at radius 3 is 2.48 bits per heavy atom. The van der Waals surface area contributed by atoms with Crippen LogP contribution in [0.25, 0.3) is 0 Å². The quantitative estimate of drug-likeness (QED) is 0.481. The smallest absolute Gasteiger partial charge is 0.229 e. The van der Waals surface area contributed by atoms with E-state index in [0.717, 1.165) is 29.2 Å². The van der Waals surface area contributed by atoms with Crippen molar-refractivity contribution in [2.45, 2.75) is 38.7 Å². The minimum atomic E-state index is -0.146. The molecule has 138 valence electrons. The van der Waals surface area contributed by atoms with Crippen LogP contribution in [0.4, 0.5) is 17.5 Å². The van der Waals surface area contributed by atoms with Crippen LogP contribution in [0.2, 0.25) is 0 Å². The van der Waals surface area contributed by atoms with Gasteiger partial charge >= 0.3 is 0 Å². The van der Waals surface area contributed by atoms with Crippen LogP contribution in [0, 0.1) is 13.8 Å². The standard InChI is InChI=1S/C22H23ClN4/c1-14-15(2)24-22(25-18-10-5-4-6-11-18)26-21(14)27-16(3)19-12-8-7-9-17(19)13-20(27)23/h4-12,16,20H,13H2,1-3H3,(H,24,25,26). The number of halogens is 1. The highest BCUT2D eigenvalue weighted by molar-refractivity contribution is 6.22. The van der Waals surface area contributed by atoms with Crippen LogP contribution in [0.15, 0.2) is 54.6 Å². The molecule has 2 unspecified atom stereocenters. The van der Waals surface area contributed by atoms with Crippen LogP contribution in [0.1, 0.15) is 35.3 Å². The number of rotatable bonds is 3. The SMILES string of the molecule is Cc1nc(Nc2ccccc2)nc(N2C(Cl)Cc3ccccc3C2C)c1C. The molecular formula is C22H23ClN4. The van der Waals surface area contributed by atoms with E-state index in [-0.39, 0.29) is 11.5 Å². The Morgan fingerprint density at radius 1 is 1.00 bits per heavy atom. The zero-order valence-corrected chi connectivity index (χ0v) is 16.5. The minimum Gasteiger partial charge on any atom is -0.333 e. The molecule has 2 aromatic carbocycles. The van der Waals surface area contributed by atoms with Gasteiger partial charge in [0.25, 0.3) is 0 Å². The molecule has 0 spiro atoms. The largest absolute Gasteiger partial charge is 0.333 e. The summed E-state index contributed by atoms with van der Waals surface area (Å²) in [5.41, 5.74) is 5.45. The molecule has 0 saturated heterocycles. The van der Waals surface area contributed by atoms with Gasteiger partial charge < -0.3 is 10.2 Å². The number of aromatic nitrogens is 2. The highest BCUT2D eigenvalue weighted by Gasteiger charge is 2.32. The molecule has 0 fully saturated rings. The maximum atomic E-state index is 6.82. The van der Waals surface area contributed by atoms with Gasteiger partial charge in [0.2, 0.25) is 5.95 Å². The summed E-state index contributed by atoms with van der Waals surface area (Å²) in [5.74, 6) is 1.48. The van der Waals surface area contributed by atoms with Gasteiger partial charge in [-0.15, -0.1) is 0 Å². The lowest BCUT2D eigenvalue weighted by molar-refractivity contribution is 0.582. The number of hydrogen-bond donors (Lipinski definition) is 1. The van der Waals surface area contributed by atoms with E-state index in [1.165, 1.54) is 11.1 Å². The molecule has 1 aliphatic rings. The fourth-order valence-corrected chi connectivity index (χ4v) is 4.12. The zero-order chi connectivity index (χ0) is 19.0. The van der Waals surface area contributed by atoms with E-state index in [4.69, 9.17) is 16.6 Å². The van der Waals surface area contributed by atoms with Crippen molar-refractivity contribution in [3.63, 3.8) is 0 Å². The summed E-state index contributed by atoms with van der Waals surface area (Å²) >= 11 is 6.82. The summed E-state index contributed by atoms with van der Waals surface area (Å²) in [5, 5.41) is 3.31. The molecule has 0 saturated carbocycles. The van der Waals surface area contributed by atoms with Crippen LogP contribution in [-0.2, 0) is 6.42 Å². The molecule has 1 aliphatic heterocycles. The van der Waals surface area contributed by atoms with E-state index < -0.39 is 0 Å². The van der Waals surface area contributed by atoms with Crippen LogP contribution >= 0.6 is 11.6 Å². The Hall–Kier alpha value is -2.59. The Morgan fingerprint density at radius 2 is 1.70 bits per heavy atom. The lowest BCUT2D eigenvalue weighted by Crippen LogP contribution is -2.41. The fraction of sp³-hybridized carbons (Fsp3) is 0.273. The molecule has 2 heterocycles. The first-order valence-electron chi connectivity index (χ1n) is 9.22. The number of anilines is 3. The summed E-state index contributed by atoms with van der Waals surface area (Å²) in [6.45, 7) is 6.27. The second-order valence-electron chi connectivity index (χ2n) is 6.99. The second-order valence-corrected chi connectivity index (χ2v) is 7.50. The maximum absolute atomic E-state index is 6.82. The van der Waals surface area contributed by atoms with Gasteiger partial charge in [-0.1, -0.05) is 54.1 Å². The molecule has 3 aromatic rings. The van der Waals surface area contributed by atoms with Crippen LogP contribution < -0.4 is 10.2 Å². The average molecular weight is 379 g/mol. The Labute approximate surface area is 165 Å². The monoisotopic (exact) mass is 378 g/mol. The Kier molecular flexibility index (Phi) is 4.75. The van der Waals surface area contributed by atoms with Crippen molar-refractivity contribution in [2.75, 3.05) is 10.2 Å². The number of fused-ring (bicyclic) bond motifs is 1. The minimum absolute atomic E-state index is 0.146. The highest BCUT2D eigenvalue weighted by Crippen LogP contribution is 2.39. The predicted molar refractivity (Wildman–Crippen MR) is 112 cm³/mol. The summed E-state index contributed by atoms with van der Waals surface area (Å²) in [7, 11) is 0. The molecule has 2 atom stereocenters. The molecular weight excluding hydrogens is 356 g/mol. The van der Waals surface area contributed by atoms with E-state index in [1.807, 2.05) is 37.3 Å². The van der Waals surface area contributed by atoms with E-state index in [1.54, 1.807) is 0 Å². The van der Waals surface area contributed by atoms with Gasteiger partial charge in [-0.25, -0.2) is 4.98 Å². The molecule has 1 aromatic heterocycles. The van der Waals surface area contributed by atoms with E-state index in [0.29, 0.717) is 5.95 Å². The molecule has 0 amide bonds. The van der Waals surface area contributed by atoms with Gasteiger partial charge in [-0.2, -0.15) is 4.98 Å². The fourth-order valence-electron chi connectivity index (χ4n) is 3.69. The van der Waals surface area contributed by atoms with Crippen molar-refractivity contribution in [1.29, 1.82) is 0 Å². The second kappa shape index (κ2) is 7.20. The normalized spacial score (nSPS) is 18.9. The Balaban J connectivity index is 1.74. The highest BCUT2D eigenvalue weighted by atomic mass is 35.5. The number of nitrogens with one attached hydrogen (secondary N) is 1. The first-order chi connectivity index (χ1) is 13.0. The summed E-state index contributed by atoms with van der Waals surface area (Å²) in [6.07, 6.45) is 0.798.